The molecule has 4 nitrogen and oxygen atoms in total. The van der Waals surface area contributed by atoms with E-state index in [2.05, 4.69) is 15.0 Å². The summed E-state index contributed by atoms with van der Waals surface area (Å²) in [6.45, 7) is 1.65. The van der Waals surface area contributed by atoms with E-state index in [1.54, 1.807) is 6.92 Å². The summed E-state index contributed by atoms with van der Waals surface area (Å²) >= 11 is 1.11. The van der Waals surface area contributed by atoms with Crippen molar-refractivity contribution >= 4 is 28.1 Å². The van der Waals surface area contributed by atoms with E-state index in [0.717, 1.165) is 23.5 Å². The molecule has 0 atom stereocenters. The van der Waals surface area contributed by atoms with Crippen molar-refractivity contribution in [3.05, 3.63) is 40.2 Å². The van der Waals surface area contributed by atoms with Crippen LogP contribution in [0.3, 0.4) is 0 Å². The minimum Gasteiger partial charge on any atom is -0.464 e. The molecular weight excluding hydrogens is 293 g/mol. The fourth-order valence-electron chi connectivity index (χ4n) is 1.49. The van der Waals surface area contributed by atoms with E-state index in [-0.39, 0.29) is 16.5 Å². The summed E-state index contributed by atoms with van der Waals surface area (Å²) in [7, 11) is 1.22. The fraction of sp³-hybridized carbons (Fsp3) is 0.167. The third-order valence-electron chi connectivity index (χ3n) is 2.41. The number of methoxy groups -OCH3 is 1. The first-order chi connectivity index (χ1) is 9.42. The highest BCUT2D eigenvalue weighted by Crippen LogP contribution is 2.27. The van der Waals surface area contributed by atoms with E-state index < -0.39 is 23.4 Å². The van der Waals surface area contributed by atoms with Crippen molar-refractivity contribution in [3.63, 3.8) is 0 Å². The number of aryl methyl sites for hydroxylation is 1. The molecule has 106 valence electrons. The lowest BCUT2D eigenvalue weighted by Crippen LogP contribution is -2.03. The van der Waals surface area contributed by atoms with Crippen molar-refractivity contribution in [2.75, 3.05) is 12.4 Å². The molecule has 0 aliphatic carbocycles. The van der Waals surface area contributed by atoms with Gasteiger partial charge in [0.1, 0.15) is 0 Å². The van der Waals surface area contributed by atoms with Crippen LogP contribution in [0.2, 0.25) is 0 Å². The van der Waals surface area contributed by atoms with E-state index in [9.17, 15) is 18.0 Å². The maximum atomic E-state index is 13.1. The van der Waals surface area contributed by atoms with Crippen LogP contribution >= 0.6 is 11.3 Å². The molecule has 1 heterocycles. The number of aromatic nitrogens is 1. The number of ether oxygens (including phenoxy) is 1. The van der Waals surface area contributed by atoms with Gasteiger partial charge in [0, 0.05) is 22.7 Å². The maximum absolute atomic E-state index is 13.1. The molecule has 2 aromatic rings. The minimum atomic E-state index is -1.54. The predicted octanol–water partition coefficient (Wildman–Crippen LogP) is 3.40. The Kier molecular flexibility index (Phi) is 3.93. The number of carbonyl (C=O) groups excluding carboxylic acids is 1. The first-order valence-corrected chi connectivity index (χ1v) is 6.21. The van der Waals surface area contributed by atoms with Crippen molar-refractivity contribution in [2.24, 2.45) is 0 Å². The van der Waals surface area contributed by atoms with Crippen LogP contribution < -0.4 is 5.32 Å². The molecular formula is C12H9F3N2O2S. The van der Waals surface area contributed by atoms with Gasteiger partial charge in [0.05, 0.1) is 7.11 Å². The molecule has 0 unspecified atom stereocenters. The number of thiazole rings is 1. The highest BCUT2D eigenvalue weighted by molar-refractivity contribution is 7.15. The monoisotopic (exact) mass is 302 g/mol. The van der Waals surface area contributed by atoms with Crippen molar-refractivity contribution in [1.29, 1.82) is 0 Å². The van der Waals surface area contributed by atoms with E-state index in [0.29, 0.717) is 4.88 Å². The van der Waals surface area contributed by atoms with Crippen molar-refractivity contribution < 1.29 is 22.7 Å². The SMILES string of the molecule is COC(=O)c1nc(Nc2cc(F)c(F)c(F)c2)sc1C. The van der Waals surface area contributed by atoms with Gasteiger partial charge in [0.15, 0.2) is 28.3 Å². The average molecular weight is 302 g/mol. The minimum absolute atomic E-state index is 0.00781. The number of nitrogens with zero attached hydrogens (tertiary/aromatic N) is 1. The average Bonchev–Trinajstić information content (AvgIpc) is 2.75. The molecule has 0 saturated carbocycles. The van der Waals surface area contributed by atoms with Crippen LogP contribution in [0.15, 0.2) is 12.1 Å². The van der Waals surface area contributed by atoms with Crippen LogP contribution in [0, 0.1) is 24.4 Å². The van der Waals surface area contributed by atoms with Gasteiger partial charge in [-0.2, -0.15) is 0 Å². The first-order valence-electron chi connectivity index (χ1n) is 5.39. The highest BCUT2D eigenvalue weighted by atomic mass is 32.1. The van der Waals surface area contributed by atoms with Crippen LogP contribution in [-0.2, 0) is 4.74 Å². The maximum Gasteiger partial charge on any atom is 0.357 e. The molecule has 0 spiro atoms. The number of hydrogen-bond donors (Lipinski definition) is 1. The molecule has 0 amide bonds. The van der Waals surface area contributed by atoms with Gasteiger partial charge < -0.3 is 10.1 Å². The third kappa shape index (κ3) is 2.74. The zero-order valence-electron chi connectivity index (χ0n) is 10.5. The molecule has 2 rings (SSSR count). The molecule has 8 heteroatoms. The number of hydrogen-bond acceptors (Lipinski definition) is 5. The number of carbonyl (C=O) groups is 1. The number of rotatable bonds is 3. The summed E-state index contributed by atoms with van der Waals surface area (Å²) in [5.74, 6) is -4.77. The van der Waals surface area contributed by atoms with Crippen LogP contribution in [0.25, 0.3) is 0 Å². The van der Waals surface area contributed by atoms with Crippen LogP contribution in [0.4, 0.5) is 24.0 Å². The summed E-state index contributed by atoms with van der Waals surface area (Å²) in [6, 6.07) is 1.60. The van der Waals surface area contributed by atoms with Gasteiger partial charge in [0.2, 0.25) is 0 Å². The van der Waals surface area contributed by atoms with Gasteiger partial charge in [-0.25, -0.2) is 22.9 Å². The number of nitrogens with one attached hydrogen (secondary N) is 1. The largest absolute Gasteiger partial charge is 0.464 e. The Labute approximate surface area is 116 Å². The van der Waals surface area contributed by atoms with Gasteiger partial charge in [-0.15, -0.1) is 11.3 Å². The molecule has 1 aromatic carbocycles. The Bertz CT molecular complexity index is 650. The Morgan fingerprint density at radius 2 is 1.90 bits per heavy atom. The Morgan fingerprint density at radius 3 is 2.45 bits per heavy atom. The molecule has 0 aliphatic heterocycles. The smallest absolute Gasteiger partial charge is 0.357 e. The number of benzene rings is 1. The number of anilines is 2. The lowest BCUT2D eigenvalue weighted by molar-refractivity contribution is 0.0594. The zero-order chi connectivity index (χ0) is 14.9. The molecule has 20 heavy (non-hydrogen) atoms. The second-order valence-electron chi connectivity index (χ2n) is 3.79. The van der Waals surface area contributed by atoms with Crippen molar-refractivity contribution in [3.8, 4) is 0 Å². The molecule has 0 aliphatic rings. The second-order valence-corrected chi connectivity index (χ2v) is 5.00. The summed E-state index contributed by atoms with van der Waals surface area (Å²) in [5, 5.41) is 2.85. The molecule has 0 fully saturated rings. The van der Waals surface area contributed by atoms with Crippen molar-refractivity contribution in [2.45, 2.75) is 6.92 Å². The molecule has 0 saturated heterocycles. The van der Waals surface area contributed by atoms with Crippen molar-refractivity contribution in [1.82, 2.24) is 4.98 Å². The zero-order valence-corrected chi connectivity index (χ0v) is 11.3. The summed E-state index contributed by atoms with van der Waals surface area (Å²) < 4.78 is 43.5. The highest BCUT2D eigenvalue weighted by Gasteiger charge is 2.17. The fourth-order valence-corrected chi connectivity index (χ4v) is 2.31. The van der Waals surface area contributed by atoms with E-state index in [1.165, 1.54) is 7.11 Å². The molecule has 1 N–H and O–H groups in total. The van der Waals surface area contributed by atoms with E-state index in [1.807, 2.05) is 0 Å². The topological polar surface area (TPSA) is 51.2 Å². The normalized spacial score (nSPS) is 10.4. The summed E-state index contributed by atoms with van der Waals surface area (Å²) in [4.78, 5) is 15.9. The summed E-state index contributed by atoms with van der Waals surface area (Å²) in [6.07, 6.45) is 0. The lowest BCUT2D eigenvalue weighted by Gasteiger charge is -2.03. The Hall–Kier alpha value is -2.09. The Morgan fingerprint density at radius 1 is 1.30 bits per heavy atom. The van der Waals surface area contributed by atoms with Gasteiger partial charge in [0.25, 0.3) is 0 Å². The van der Waals surface area contributed by atoms with Gasteiger partial charge in [-0.05, 0) is 6.92 Å². The number of halogens is 3. The van der Waals surface area contributed by atoms with Gasteiger partial charge in [-0.1, -0.05) is 0 Å². The standard InChI is InChI=1S/C12H9F3N2O2S/c1-5-10(11(18)19-2)17-12(20-5)16-6-3-7(13)9(15)8(14)4-6/h3-4H,1-2H3,(H,16,17). The lowest BCUT2D eigenvalue weighted by atomic mass is 10.3. The van der Waals surface area contributed by atoms with Crippen LogP contribution in [-0.4, -0.2) is 18.1 Å². The van der Waals surface area contributed by atoms with Gasteiger partial charge >= 0.3 is 5.97 Å². The van der Waals surface area contributed by atoms with Crippen LogP contribution in [0.1, 0.15) is 15.4 Å². The van der Waals surface area contributed by atoms with Crippen LogP contribution in [0.5, 0.6) is 0 Å². The first kappa shape index (κ1) is 14.3. The quantitative estimate of drug-likeness (QED) is 0.697. The predicted molar refractivity (Wildman–Crippen MR) is 67.8 cm³/mol. The number of esters is 1. The second kappa shape index (κ2) is 5.49. The molecule has 0 radical (unpaired) electrons. The van der Waals surface area contributed by atoms with E-state index >= 15 is 0 Å². The molecule has 0 bridgehead atoms. The molecule has 1 aromatic heterocycles. The third-order valence-corrected chi connectivity index (χ3v) is 3.30. The van der Waals surface area contributed by atoms with E-state index in [4.69, 9.17) is 0 Å². The Balaban J connectivity index is 2.29. The summed E-state index contributed by atoms with van der Waals surface area (Å²) in [5.41, 5.74) is 0.106. The van der Waals surface area contributed by atoms with Gasteiger partial charge in [-0.3, -0.25) is 0 Å².